The molecule has 0 aromatic rings. The summed E-state index contributed by atoms with van der Waals surface area (Å²) in [5, 5.41) is 16.9. The zero-order valence-electron chi connectivity index (χ0n) is 6.16. The second kappa shape index (κ2) is 4.39. The molecular formula is C6H8INO4. The molecule has 5 nitrogen and oxygen atoms in total. The molecule has 0 saturated heterocycles. The molecule has 1 unspecified atom stereocenters. The van der Waals surface area contributed by atoms with Gasteiger partial charge in [0.05, 0.1) is 0 Å². The molecule has 0 aliphatic carbocycles. The number of hydrogen-bond acceptors (Lipinski definition) is 3. The van der Waals surface area contributed by atoms with Crippen LogP contribution < -0.4 is 0 Å². The minimum absolute atomic E-state index is 0.0538. The van der Waals surface area contributed by atoms with Gasteiger partial charge in [-0.05, 0) is 29.3 Å². The van der Waals surface area contributed by atoms with Crippen LogP contribution in [0.2, 0.25) is 0 Å². The van der Waals surface area contributed by atoms with Crippen molar-refractivity contribution in [3.05, 3.63) is 0 Å². The normalized spacial score (nSPS) is 14.8. The summed E-state index contributed by atoms with van der Waals surface area (Å²) in [5.41, 5.74) is 0. The number of carboxylic acids is 2. The number of aliphatic carboxylic acids is 2. The molecule has 6 heteroatoms. The summed E-state index contributed by atoms with van der Waals surface area (Å²) < 4.78 is -1.41. The first-order chi connectivity index (χ1) is 5.42. The van der Waals surface area contributed by atoms with Gasteiger partial charge in [-0.15, -0.1) is 0 Å². The predicted octanol–water partition coefficient (Wildman–Crippen LogP) is 0.768. The maximum Gasteiger partial charge on any atom is 0.341 e. The molecule has 0 radical (unpaired) electrons. The largest absolute Gasteiger partial charge is 0.481 e. The second-order valence-corrected chi connectivity index (χ2v) is 3.90. The fourth-order valence-corrected chi connectivity index (χ4v) is 0.796. The third-order valence-corrected chi connectivity index (χ3v) is 2.59. The van der Waals surface area contributed by atoms with Crippen molar-refractivity contribution < 1.29 is 19.8 Å². The van der Waals surface area contributed by atoms with E-state index in [9.17, 15) is 9.59 Å². The van der Waals surface area contributed by atoms with E-state index < -0.39 is 15.5 Å². The topological polar surface area (TPSA) is 87.0 Å². The number of alkyl halides is 1. The fourth-order valence-electron chi connectivity index (χ4n) is 0.526. The molecule has 0 aromatic heterocycles. The smallest absolute Gasteiger partial charge is 0.341 e. The van der Waals surface area contributed by atoms with Crippen LogP contribution in [0.1, 0.15) is 12.8 Å². The highest BCUT2D eigenvalue weighted by molar-refractivity contribution is 14.1. The molecule has 12 heavy (non-hydrogen) atoms. The average molecular weight is 285 g/mol. The molecule has 0 spiro atoms. The summed E-state index contributed by atoms with van der Waals surface area (Å²) in [4.78, 5) is 24.0. The lowest BCUT2D eigenvalue weighted by Crippen LogP contribution is -2.29. The summed E-state index contributed by atoms with van der Waals surface area (Å²) in [6, 6.07) is 0. The number of hydrogen-bond donors (Lipinski definition) is 2. The first kappa shape index (κ1) is 11.3. The molecule has 68 valence electrons. The van der Waals surface area contributed by atoms with Crippen LogP contribution in [0.4, 0.5) is 0 Å². The third kappa shape index (κ3) is 3.16. The van der Waals surface area contributed by atoms with Gasteiger partial charge in [0.1, 0.15) is 0 Å². The van der Waals surface area contributed by atoms with E-state index in [4.69, 9.17) is 10.2 Å². The van der Waals surface area contributed by atoms with Gasteiger partial charge in [0.2, 0.25) is 3.55 Å². The number of halogens is 1. The fraction of sp³-hybridized carbons (Fsp3) is 0.500. The first-order valence-electron chi connectivity index (χ1n) is 3.04. The van der Waals surface area contributed by atoms with Crippen LogP contribution in [0, 0.1) is 0 Å². The van der Waals surface area contributed by atoms with E-state index in [0.717, 1.165) is 0 Å². The van der Waals surface area contributed by atoms with Crippen LogP contribution >= 0.6 is 22.6 Å². The average Bonchev–Trinajstić information content (AvgIpc) is 1.99. The van der Waals surface area contributed by atoms with Crippen molar-refractivity contribution in [2.24, 2.45) is 4.99 Å². The quantitative estimate of drug-likeness (QED) is 0.338. The Balaban J connectivity index is 4.25. The highest BCUT2D eigenvalue weighted by Gasteiger charge is 2.33. The van der Waals surface area contributed by atoms with Gasteiger partial charge in [-0.2, -0.15) is 0 Å². The molecule has 0 amide bonds. The van der Waals surface area contributed by atoms with Crippen molar-refractivity contribution in [1.29, 1.82) is 0 Å². The molecule has 2 N–H and O–H groups in total. The van der Waals surface area contributed by atoms with E-state index in [0.29, 0.717) is 0 Å². The first-order valence-corrected chi connectivity index (χ1v) is 4.12. The van der Waals surface area contributed by atoms with Gasteiger partial charge in [0.15, 0.2) is 0 Å². The van der Waals surface area contributed by atoms with E-state index in [1.165, 1.54) is 0 Å². The van der Waals surface area contributed by atoms with Gasteiger partial charge in [-0.3, -0.25) is 9.79 Å². The van der Waals surface area contributed by atoms with Crippen LogP contribution in [-0.2, 0) is 9.59 Å². The molecule has 0 bridgehead atoms. The van der Waals surface area contributed by atoms with Gasteiger partial charge < -0.3 is 10.2 Å². The lowest BCUT2D eigenvalue weighted by atomic mass is 10.2. The Labute approximate surface area is 82.6 Å². The van der Waals surface area contributed by atoms with Crippen molar-refractivity contribution in [1.82, 2.24) is 0 Å². The Morgan fingerprint density at radius 3 is 2.25 bits per heavy atom. The predicted molar refractivity (Wildman–Crippen MR) is 50.8 cm³/mol. The number of rotatable bonds is 5. The molecule has 0 aromatic carbocycles. The second-order valence-electron chi connectivity index (χ2n) is 2.12. The minimum Gasteiger partial charge on any atom is -0.481 e. The summed E-state index contributed by atoms with van der Waals surface area (Å²) in [7, 11) is 0. The third-order valence-electron chi connectivity index (χ3n) is 1.25. The zero-order valence-corrected chi connectivity index (χ0v) is 8.31. The molecule has 0 aliphatic rings. The van der Waals surface area contributed by atoms with Crippen molar-refractivity contribution in [3.63, 3.8) is 0 Å². The molecule has 0 heterocycles. The van der Waals surface area contributed by atoms with E-state index in [1.807, 2.05) is 0 Å². The van der Waals surface area contributed by atoms with Crippen LogP contribution in [-0.4, -0.2) is 32.4 Å². The summed E-state index contributed by atoms with van der Waals surface area (Å²) in [6.45, 7) is 3.10. The molecule has 0 saturated carbocycles. The molecule has 0 aliphatic heterocycles. The zero-order chi connectivity index (χ0) is 9.78. The molecular weight excluding hydrogens is 277 g/mol. The van der Waals surface area contributed by atoms with Crippen molar-refractivity contribution in [3.8, 4) is 0 Å². The van der Waals surface area contributed by atoms with Gasteiger partial charge >= 0.3 is 11.9 Å². The van der Waals surface area contributed by atoms with E-state index in [1.54, 1.807) is 22.6 Å². The number of carboxylic acid groups (broad SMARTS) is 2. The van der Waals surface area contributed by atoms with Crippen molar-refractivity contribution in [2.45, 2.75) is 16.4 Å². The monoisotopic (exact) mass is 285 g/mol. The standard InChI is InChI=1S/C6H8INO4/c1-8-6(7,5(11)12)3-2-4(9)10/h1-3H2,(H,9,10)(H,11,12). The Kier molecular flexibility index (Phi) is 4.15. The van der Waals surface area contributed by atoms with Crippen molar-refractivity contribution >= 4 is 41.2 Å². The Morgan fingerprint density at radius 2 is 2.00 bits per heavy atom. The van der Waals surface area contributed by atoms with Crippen LogP contribution in [0.3, 0.4) is 0 Å². The summed E-state index contributed by atoms with van der Waals surface area (Å²) in [6.07, 6.45) is -0.282. The van der Waals surface area contributed by atoms with E-state index in [-0.39, 0.29) is 12.8 Å². The van der Waals surface area contributed by atoms with E-state index in [2.05, 4.69) is 11.7 Å². The number of aliphatic imine (C=N–C) groups is 1. The lowest BCUT2D eigenvalue weighted by Gasteiger charge is -2.15. The van der Waals surface area contributed by atoms with Gasteiger partial charge in [-0.25, -0.2) is 4.79 Å². The Bertz CT molecular complexity index is 218. The summed E-state index contributed by atoms with van der Waals surface area (Å²) >= 11 is 1.57. The number of carbonyl (C=O) groups is 2. The summed E-state index contributed by atoms with van der Waals surface area (Å²) in [5.74, 6) is -2.21. The van der Waals surface area contributed by atoms with Gasteiger partial charge in [0.25, 0.3) is 0 Å². The minimum atomic E-state index is -1.41. The van der Waals surface area contributed by atoms with Crippen LogP contribution in [0.5, 0.6) is 0 Å². The molecule has 0 fully saturated rings. The number of nitrogens with zero attached hydrogens (tertiary/aromatic N) is 1. The highest BCUT2D eigenvalue weighted by Crippen LogP contribution is 2.26. The van der Waals surface area contributed by atoms with Gasteiger partial charge in [0, 0.05) is 12.8 Å². The maximum atomic E-state index is 10.5. The van der Waals surface area contributed by atoms with E-state index >= 15 is 0 Å². The van der Waals surface area contributed by atoms with Crippen molar-refractivity contribution in [2.75, 3.05) is 0 Å². The Hall–Kier alpha value is -0.660. The lowest BCUT2D eigenvalue weighted by molar-refractivity contribution is -0.140. The Morgan fingerprint density at radius 1 is 1.50 bits per heavy atom. The molecule has 0 rings (SSSR count). The SMILES string of the molecule is C=NC(I)(CCC(=O)O)C(=O)O. The maximum absolute atomic E-state index is 10.5. The van der Waals surface area contributed by atoms with Crippen LogP contribution in [0.25, 0.3) is 0 Å². The molecule has 1 atom stereocenters. The van der Waals surface area contributed by atoms with Gasteiger partial charge in [-0.1, -0.05) is 0 Å². The van der Waals surface area contributed by atoms with Crippen LogP contribution in [0.15, 0.2) is 4.99 Å². The highest BCUT2D eigenvalue weighted by atomic mass is 127.